The first kappa shape index (κ1) is 17.0. The summed E-state index contributed by atoms with van der Waals surface area (Å²) >= 11 is 0. The summed E-state index contributed by atoms with van der Waals surface area (Å²) in [6.45, 7) is 6.17. The predicted molar refractivity (Wildman–Crippen MR) is 72.7 cm³/mol. The maximum Gasteiger partial charge on any atom is 0.312 e. The van der Waals surface area contributed by atoms with Gasteiger partial charge in [-0.05, 0) is 13.3 Å². The van der Waals surface area contributed by atoms with Crippen molar-refractivity contribution in [3.8, 4) is 0 Å². The molecule has 0 aromatic heterocycles. The number of urea groups is 1. The molecule has 1 heterocycles. The highest BCUT2D eigenvalue weighted by Gasteiger charge is 2.27. The molecule has 4 N–H and O–H groups in total. The van der Waals surface area contributed by atoms with Crippen LogP contribution in [0, 0.1) is 0 Å². The third kappa shape index (κ3) is 5.10. The average molecular weight is 279 g/mol. The number of hydrogen-bond donors (Lipinski definition) is 3. The van der Waals surface area contributed by atoms with Crippen LogP contribution >= 0.6 is 12.4 Å². The van der Waals surface area contributed by atoms with E-state index in [0.717, 1.165) is 13.0 Å². The maximum atomic E-state index is 12.2. The van der Waals surface area contributed by atoms with Gasteiger partial charge in [0.1, 0.15) is 6.04 Å². The minimum atomic E-state index is -0.639. The minimum absolute atomic E-state index is 0. The van der Waals surface area contributed by atoms with Crippen molar-refractivity contribution in [1.82, 2.24) is 15.5 Å². The van der Waals surface area contributed by atoms with Gasteiger partial charge < -0.3 is 21.3 Å². The molecular formula is C11H23ClN4O2. The van der Waals surface area contributed by atoms with Gasteiger partial charge in [-0.3, -0.25) is 4.79 Å². The topological polar surface area (TPSA) is 87.5 Å². The van der Waals surface area contributed by atoms with Gasteiger partial charge in [-0.1, -0.05) is 13.3 Å². The molecule has 1 aliphatic heterocycles. The molecule has 1 fully saturated rings. The summed E-state index contributed by atoms with van der Waals surface area (Å²) in [5, 5.41) is 5.79. The van der Waals surface area contributed by atoms with Crippen LogP contribution in [-0.4, -0.2) is 48.6 Å². The number of carbonyl (C=O) groups excluding carboxylic acids is 2. The van der Waals surface area contributed by atoms with E-state index < -0.39 is 12.1 Å². The number of piperazine rings is 1. The van der Waals surface area contributed by atoms with Gasteiger partial charge in [0.25, 0.3) is 0 Å². The second-order valence-corrected chi connectivity index (χ2v) is 4.49. The smallest absolute Gasteiger partial charge is 0.312 e. The molecule has 0 aliphatic carbocycles. The Labute approximate surface area is 114 Å². The van der Waals surface area contributed by atoms with Crippen LogP contribution in [0.5, 0.6) is 0 Å². The van der Waals surface area contributed by atoms with E-state index in [1.165, 1.54) is 0 Å². The summed E-state index contributed by atoms with van der Waals surface area (Å²) < 4.78 is 0. The first-order valence-electron chi connectivity index (χ1n) is 6.12. The molecule has 0 radical (unpaired) electrons. The number of rotatable bonds is 4. The largest absolute Gasteiger partial charge is 0.352 e. The van der Waals surface area contributed by atoms with Crippen molar-refractivity contribution in [2.24, 2.45) is 5.73 Å². The second-order valence-electron chi connectivity index (χ2n) is 4.49. The summed E-state index contributed by atoms with van der Waals surface area (Å²) in [5.74, 6) is -0.0287. The molecule has 1 saturated heterocycles. The molecule has 6 nitrogen and oxygen atoms in total. The molecule has 0 aromatic carbocycles. The third-order valence-corrected chi connectivity index (χ3v) is 2.87. The van der Waals surface area contributed by atoms with Crippen molar-refractivity contribution in [3.63, 3.8) is 0 Å². The van der Waals surface area contributed by atoms with Gasteiger partial charge in [0.15, 0.2) is 0 Å². The number of amides is 3. The van der Waals surface area contributed by atoms with Crippen molar-refractivity contribution in [2.45, 2.75) is 38.8 Å². The minimum Gasteiger partial charge on any atom is -0.352 e. The number of hydrogen-bond acceptors (Lipinski definition) is 3. The maximum absolute atomic E-state index is 12.2. The van der Waals surface area contributed by atoms with Gasteiger partial charge in [-0.25, -0.2) is 4.79 Å². The molecule has 0 aromatic rings. The average Bonchev–Trinajstić information content (AvgIpc) is 2.27. The normalized spacial score (nSPS) is 20.8. The van der Waals surface area contributed by atoms with E-state index in [0.29, 0.717) is 25.6 Å². The highest BCUT2D eigenvalue weighted by molar-refractivity contribution is 5.86. The van der Waals surface area contributed by atoms with Gasteiger partial charge in [0.05, 0.1) is 0 Å². The van der Waals surface area contributed by atoms with Crippen LogP contribution in [0.3, 0.4) is 0 Å². The lowest BCUT2D eigenvalue weighted by molar-refractivity contribution is -0.134. The van der Waals surface area contributed by atoms with Crippen molar-refractivity contribution in [2.75, 3.05) is 19.6 Å². The van der Waals surface area contributed by atoms with Crippen LogP contribution < -0.4 is 16.4 Å². The molecule has 3 amide bonds. The zero-order valence-electron chi connectivity index (χ0n) is 10.9. The first-order chi connectivity index (χ1) is 8.04. The first-order valence-corrected chi connectivity index (χ1v) is 6.12. The Bertz CT molecular complexity index is 288. The third-order valence-electron chi connectivity index (χ3n) is 2.87. The lowest BCUT2D eigenvalue weighted by Gasteiger charge is -2.34. The van der Waals surface area contributed by atoms with Gasteiger partial charge in [-0.15, -0.1) is 12.4 Å². The van der Waals surface area contributed by atoms with Gasteiger partial charge in [0, 0.05) is 25.7 Å². The number of nitrogens with zero attached hydrogens (tertiary/aromatic N) is 1. The molecular weight excluding hydrogens is 256 g/mol. The zero-order chi connectivity index (χ0) is 12.8. The van der Waals surface area contributed by atoms with Crippen LogP contribution in [0.4, 0.5) is 4.79 Å². The number of carbonyl (C=O) groups is 2. The van der Waals surface area contributed by atoms with Crippen LogP contribution in [0.15, 0.2) is 0 Å². The quantitative estimate of drug-likeness (QED) is 0.680. The van der Waals surface area contributed by atoms with Crippen molar-refractivity contribution in [3.05, 3.63) is 0 Å². The Morgan fingerprint density at radius 1 is 1.56 bits per heavy atom. The van der Waals surface area contributed by atoms with Crippen LogP contribution in [0.2, 0.25) is 0 Å². The van der Waals surface area contributed by atoms with E-state index in [2.05, 4.69) is 10.6 Å². The van der Waals surface area contributed by atoms with E-state index in [9.17, 15) is 9.59 Å². The zero-order valence-corrected chi connectivity index (χ0v) is 11.8. The van der Waals surface area contributed by atoms with Crippen LogP contribution in [0.1, 0.15) is 26.7 Å². The SMILES string of the molecule is CCC[C@@H](NC(N)=O)C(=O)N1CCNC(C)C1.Cl. The van der Waals surface area contributed by atoms with Crippen molar-refractivity contribution >= 4 is 24.3 Å². The summed E-state index contributed by atoms with van der Waals surface area (Å²) in [6, 6.07) is -0.827. The van der Waals surface area contributed by atoms with Gasteiger partial charge in [0.2, 0.25) is 5.91 Å². The Morgan fingerprint density at radius 2 is 2.22 bits per heavy atom. The highest BCUT2D eigenvalue weighted by Crippen LogP contribution is 2.06. The summed E-state index contributed by atoms with van der Waals surface area (Å²) in [7, 11) is 0. The molecule has 0 bridgehead atoms. The predicted octanol–water partition coefficient (Wildman–Crippen LogP) is 0.0655. The summed E-state index contributed by atoms with van der Waals surface area (Å²) in [4.78, 5) is 24.9. The van der Waals surface area contributed by atoms with Gasteiger partial charge >= 0.3 is 6.03 Å². The number of nitrogens with two attached hydrogens (primary N) is 1. The molecule has 106 valence electrons. The molecule has 7 heteroatoms. The molecule has 1 aliphatic rings. The van der Waals surface area contributed by atoms with E-state index in [4.69, 9.17) is 5.73 Å². The summed E-state index contributed by atoms with van der Waals surface area (Å²) in [6.07, 6.45) is 1.46. The van der Waals surface area contributed by atoms with E-state index >= 15 is 0 Å². The van der Waals surface area contributed by atoms with E-state index in [-0.39, 0.29) is 18.3 Å². The van der Waals surface area contributed by atoms with Crippen LogP contribution in [0.25, 0.3) is 0 Å². The fourth-order valence-corrected chi connectivity index (χ4v) is 2.07. The summed E-state index contributed by atoms with van der Waals surface area (Å²) in [5.41, 5.74) is 5.09. The fourth-order valence-electron chi connectivity index (χ4n) is 2.07. The van der Waals surface area contributed by atoms with E-state index in [1.54, 1.807) is 4.90 Å². The molecule has 1 unspecified atom stereocenters. The Morgan fingerprint density at radius 3 is 2.72 bits per heavy atom. The van der Waals surface area contributed by atoms with E-state index in [1.807, 2.05) is 13.8 Å². The molecule has 1 rings (SSSR count). The van der Waals surface area contributed by atoms with Crippen LogP contribution in [-0.2, 0) is 4.79 Å². The number of nitrogens with one attached hydrogen (secondary N) is 2. The molecule has 0 spiro atoms. The standard InChI is InChI=1S/C11H22N4O2.ClH/c1-3-4-9(14-11(12)17)10(16)15-6-5-13-8(2)7-15;/h8-9,13H,3-7H2,1-2H3,(H3,12,14,17);1H/t8?,9-;/m1./s1. The Balaban J connectivity index is 0.00000289. The highest BCUT2D eigenvalue weighted by atomic mass is 35.5. The number of primary amides is 1. The van der Waals surface area contributed by atoms with Crippen molar-refractivity contribution in [1.29, 1.82) is 0 Å². The lowest BCUT2D eigenvalue weighted by atomic mass is 10.1. The lowest BCUT2D eigenvalue weighted by Crippen LogP contribution is -2.57. The fraction of sp³-hybridized carbons (Fsp3) is 0.818. The monoisotopic (exact) mass is 278 g/mol. The number of halogens is 1. The molecule has 0 saturated carbocycles. The molecule has 18 heavy (non-hydrogen) atoms. The molecule has 2 atom stereocenters. The van der Waals surface area contributed by atoms with Gasteiger partial charge in [-0.2, -0.15) is 0 Å². The second kappa shape index (κ2) is 8.16. The Kier molecular flexibility index (Phi) is 7.70. The van der Waals surface area contributed by atoms with Crippen molar-refractivity contribution < 1.29 is 9.59 Å². The Hall–Kier alpha value is -1.01.